The van der Waals surface area contributed by atoms with Gasteiger partial charge in [-0.05, 0) is 24.3 Å². The van der Waals surface area contributed by atoms with Crippen molar-refractivity contribution in [3.8, 4) is 17.1 Å². The van der Waals surface area contributed by atoms with Crippen molar-refractivity contribution >= 4 is 5.69 Å². The van der Waals surface area contributed by atoms with Crippen LogP contribution in [0.3, 0.4) is 0 Å². The zero-order valence-electron chi connectivity index (χ0n) is 14.9. The van der Waals surface area contributed by atoms with Crippen LogP contribution >= 0.6 is 0 Å². The largest absolute Gasteiger partial charge is 0.497 e. The summed E-state index contributed by atoms with van der Waals surface area (Å²) in [4.78, 5) is 8.42. The highest BCUT2D eigenvalue weighted by molar-refractivity contribution is 5.53. The summed E-state index contributed by atoms with van der Waals surface area (Å²) in [6.45, 7) is 4.91. The van der Waals surface area contributed by atoms with Gasteiger partial charge in [0.15, 0.2) is 6.54 Å². The maximum absolute atomic E-state index is 5.45. The number of aromatic nitrogens is 2. The van der Waals surface area contributed by atoms with E-state index in [0.29, 0.717) is 11.7 Å². The molecule has 0 unspecified atom stereocenters. The van der Waals surface area contributed by atoms with Crippen LogP contribution in [0.2, 0.25) is 0 Å². The van der Waals surface area contributed by atoms with E-state index in [1.54, 1.807) is 7.11 Å². The van der Waals surface area contributed by atoms with Crippen molar-refractivity contribution in [2.75, 3.05) is 38.2 Å². The van der Waals surface area contributed by atoms with Crippen LogP contribution in [0.4, 0.5) is 5.69 Å². The third-order valence-corrected chi connectivity index (χ3v) is 4.81. The van der Waals surface area contributed by atoms with Gasteiger partial charge in [0.25, 0.3) is 5.89 Å². The van der Waals surface area contributed by atoms with Crippen LogP contribution in [0.5, 0.6) is 5.75 Å². The first-order valence-electron chi connectivity index (χ1n) is 8.92. The second-order valence-electron chi connectivity index (χ2n) is 6.49. The maximum atomic E-state index is 5.45. The molecular weight excluding hydrogens is 328 g/mol. The molecule has 0 saturated carbocycles. The van der Waals surface area contributed by atoms with E-state index in [4.69, 9.17) is 9.26 Å². The zero-order chi connectivity index (χ0) is 17.8. The molecule has 26 heavy (non-hydrogen) atoms. The molecule has 6 heteroatoms. The minimum Gasteiger partial charge on any atom is -0.497 e. The fourth-order valence-electron chi connectivity index (χ4n) is 3.30. The molecule has 3 aromatic rings. The fourth-order valence-corrected chi connectivity index (χ4v) is 3.30. The van der Waals surface area contributed by atoms with Gasteiger partial charge in [-0.25, -0.2) is 0 Å². The van der Waals surface area contributed by atoms with Crippen LogP contribution in [0, 0.1) is 0 Å². The van der Waals surface area contributed by atoms with E-state index in [1.807, 2.05) is 42.5 Å². The standard InChI is InChI=1S/C20H22N4O2/c1-25-18-9-7-17(8-10-18)24-13-11-23(12-14-24)15-19-21-20(22-26-19)16-5-3-2-4-6-16/h2-10H,11-15H2,1H3/p+1. The molecule has 1 aliphatic heterocycles. The average molecular weight is 351 g/mol. The van der Waals surface area contributed by atoms with E-state index in [-0.39, 0.29) is 0 Å². The average Bonchev–Trinajstić information content (AvgIpc) is 3.18. The molecule has 1 saturated heterocycles. The normalized spacial score (nSPS) is 15.2. The molecule has 0 aliphatic carbocycles. The lowest BCUT2D eigenvalue weighted by Crippen LogP contribution is -3.13. The summed E-state index contributed by atoms with van der Waals surface area (Å²) in [5, 5.41) is 4.11. The third-order valence-electron chi connectivity index (χ3n) is 4.81. The van der Waals surface area contributed by atoms with E-state index >= 15 is 0 Å². The van der Waals surface area contributed by atoms with Gasteiger partial charge in [-0.2, -0.15) is 4.98 Å². The van der Waals surface area contributed by atoms with Gasteiger partial charge in [0.1, 0.15) is 5.75 Å². The van der Waals surface area contributed by atoms with Gasteiger partial charge >= 0.3 is 0 Å². The number of nitrogens with one attached hydrogen (secondary N) is 1. The molecule has 2 aromatic carbocycles. The molecule has 0 radical (unpaired) electrons. The molecule has 6 nitrogen and oxygen atoms in total. The van der Waals surface area contributed by atoms with Gasteiger partial charge in [-0.15, -0.1) is 0 Å². The first-order valence-corrected chi connectivity index (χ1v) is 8.92. The minimum atomic E-state index is 0.664. The van der Waals surface area contributed by atoms with E-state index in [1.165, 1.54) is 10.6 Å². The minimum absolute atomic E-state index is 0.664. The summed E-state index contributed by atoms with van der Waals surface area (Å²) in [5.74, 6) is 2.26. The number of rotatable bonds is 5. The molecule has 1 aromatic heterocycles. The Bertz CT molecular complexity index is 825. The number of benzene rings is 2. The fraction of sp³-hybridized carbons (Fsp3) is 0.300. The topological polar surface area (TPSA) is 55.8 Å². The van der Waals surface area contributed by atoms with Crippen molar-refractivity contribution in [2.45, 2.75) is 6.54 Å². The quantitative estimate of drug-likeness (QED) is 0.758. The lowest BCUT2D eigenvalue weighted by molar-refractivity contribution is -0.915. The molecule has 134 valence electrons. The van der Waals surface area contributed by atoms with Gasteiger partial charge < -0.3 is 19.1 Å². The van der Waals surface area contributed by atoms with Crippen LogP contribution in [-0.4, -0.2) is 43.4 Å². The van der Waals surface area contributed by atoms with Crippen LogP contribution < -0.4 is 14.5 Å². The van der Waals surface area contributed by atoms with E-state index in [2.05, 4.69) is 27.2 Å². The van der Waals surface area contributed by atoms with Crippen molar-refractivity contribution in [2.24, 2.45) is 0 Å². The van der Waals surface area contributed by atoms with Gasteiger partial charge in [0, 0.05) is 11.3 Å². The number of piperazine rings is 1. The van der Waals surface area contributed by atoms with Crippen molar-refractivity contribution in [3.63, 3.8) is 0 Å². The summed E-state index contributed by atoms with van der Waals surface area (Å²) >= 11 is 0. The summed E-state index contributed by atoms with van der Waals surface area (Å²) in [7, 11) is 1.69. The Labute approximate surface area is 153 Å². The molecule has 0 bridgehead atoms. The van der Waals surface area contributed by atoms with E-state index in [9.17, 15) is 0 Å². The number of ether oxygens (including phenoxy) is 1. The van der Waals surface area contributed by atoms with Gasteiger partial charge in [-0.1, -0.05) is 35.5 Å². The third kappa shape index (κ3) is 3.70. The van der Waals surface area contributed by atoms with E-state index in [0.717, 1.165) is 44.0 Å². The van der Waals surface area contributed by atoms with Gasteiger partial charge in [0.05, 0.1) is 33.3 Å². The lowest BCUT2D eigenvalue weighted by atomic mass is 10.2. The van der Waals surface area contributed by atoms with Crippen LogP contribution in [-0.2, 0) is 6.54 Å². The Kier molecular flexibility index (Phi) is 4.84. The smallest absolute Gasteiger partial charge is 0.282 e. The SMILES string of the molecule is COc1ccc(N2CC[NH+](Cc3nc(-c4ccccc4)no3)CC2)cc1. The molecule has 1 fully saturated rings. The number of anilines is 1. The first kappa shape index (κ1) is 16.6. The van der Waals surface area contributed by atoms with Crippen molar-refractivity contribution < 1.29 is 14.2 Å². The van der Waals surface area contributed by atoms with Crippen molar-refractivity contribution in [1.29, 1.82) is 0 Å². The molecule has 0 atom stereocenters. The van der Waals surface area contributed by atoms with Crippen LogP contribution in [0.1, 0.15) is 5.89 Å². The maximum Gasteiger partial charge on any atom is 0.282 e. The summed E-state index contributed by atoms with van der Waals surface area (Å²) in [6, 6.07) is 18.2. The van der Waals surface area contributed by atoms with Crippen LogP contribution in [0.15, 0.2) is 59.1 Å². The van der Waals surface area contributed by atoms with Gasteiger partial charge in [0.2, 0.25) is 5.82 Å². The highest BCUT2D eigenvalue weighted by Gasteiger charge is 2.22. The molecular formula is C20H23N4O2+. The Morgan fingerprint density at radius 1 is 1.04 bits per heavy atom. The molecule has 1 N–H and O–H groups in total. The lowest BCUT2D eigenvalue weighted by Gasteiger charge is -2.33. The molecule has 4 rings (SSSR count). The number of quaternary nitrogens is 1. The second-order valence-corrected chi connectivity index (χ2v) is 6.49. The molecule has 0 spiro atoms. The Hall–Kier alpha value is -2.86. The number of methoxy groups -OCH3 is 1. The number of nitrogens with zero attached hydrogens (tertiary/aromatic N) is 3. The highest BCUT2D eigenvalue weighted by Crippen LogP contribution is 2.19. The monoisotopic (exact) mass is 351 g/mol. The second kappa shape index (κ2) is 7.58. The molecule has 1 aliphatic rings. The van der Waals surface area contributed by atoms with E-state index < -0.39 is 0 Å². The van der Waals surface area contributed by atoms with Crippen LogP contribution in [0.25, 0.3) is 11.4 Å². The first-order chi connectivity index (χ1) is 12.8. The Morgan fingerprint density at radius 3 is 2.46 bits per heavy atom. The summed E-state index contributed by atoms with van der Waals surface area (Å²) in [6.07, 6.45) is 0. The summed E-state index contributed by atoms with van der Waals surface area (Å²) < 4.78 is 10.7. The van der Waals surface area contributed by atoms with Crippen molar-refractivity contribution in [1.82, 2.24) is 10.1 Å². The Morgan fingerprint density at radius 2 is 1.77 bits per heavy atom. The van der Waals surface area contributed by atoms with Crippen molar-refractivity contribution in [3.05, 3.63) is 60.5 Å². The zero-order valence-corrected chi connectivity index (χ0v) is 14.9. The Balaban J connectivity index is 1.33. The number of hydrogen-bond donors (Lipinski definition) is 1. The molecule has 0 amide bonds. The molecule has 2 heterocycles. The summed E-state index contributed by atoms with van der Waals surface area (Å²) in [5.41, 5.74) is 2.23. The highest BCUT2D eigenvalue weighted by atomic mass is 16.5. The predicted octanol–water partition coefficient (Wildman–Crippen LogP) is 1.65. The number of hydrogen-bond acceptors (Lipinski definition) is 5. The van der Waals surface area contributed by atoms with Gasteiger partial charge in [-0.3, -0.25) is 0 Å². The predicted molar refractivity (Wildman–Crippen MR) is 99.3 cm³/mol.